The van der Waals surface area contributed by atoms with Crippen molar-refractivity contribution in [3.63, 3.8) is 0 Å². The number of aromatic nitrogens is 1. The van der Waals surface area contributed by atoms with Crippen LogP contribution in [0, 0.1) is 0 Å². The van der Waals surface area contributed by atoms with Crippen molar-refractivity contribution in [2.75, 3.05) is 7.11 Å². The molecule has 0 saturated heterocycles. The molecule has 1 aliphatic rings. The van der Waals surface area contributed by atoms with Crippen LogP contribution in [0.4, 0.5) is 0 Å². The van der Waals surface area contributed by atoms with E-state index in [1.807, 2.05) is 24.3 Å². The molecule has 5 nitrogen and oxygen atoms in total. The Balaban J connectivity index is 1.86. The van der Waals surface area contributed by atoms with Crippen LogP contribution < -0.4 is 10.1 Å². The molecule has 0 radical (unpaired) electrons. The molecule has 3 rings (SSSR count). The summed E-state index contributed by atoms with van der Waals surface area (Å²) in [6, 6.07) is 7.75. The Morgan fingerprint density at radius 2 is 2.08 bits per heavy atom. The number of carbonyl (C=O) groups excluding carboxylic acids is 1. The lowest BCUT2D eigenvalue weighted by Crippen LogP contribution is -2.44. The first kappa shape index (κ1) is 16.9. The quantitative estimate of drug-likeness (QED) is 0.892. The topological polar surface area (TPSA) is 71.5 Å². The fraction of sp³-hybridized carbons (Fsp3) is 0.444. The van der Waals surface area contributed by atoms with Gasteiger partial charge in [-0.05, 0) is 57.4 Å². The average molecular weight is 346 g/mol. The highest BCUT2D eigenvalue weighted by atomic mass is 32.1. The molecule has 2 aromatic rings. The minimum absolute atomic E-state index is 0.0721. The predicted molar refractivity (Wildman–Crippen MR) is 94.2 cm³/mol. The highest BCUT2D eigenvalue weighted by Gasteiger charge is 2.31. The number of hydrogen-bond donors (Lipinski definition) is 2. The fourth-order valence-corrected chi connectivity index (χ4v) is 3.95. The third-order valence-corrected chi connectivity index (χ3v) is 5.41. The number of aliphatic hydroxyl groups is 1. The number of ether oxygens (including phenoxy) is 1. The molecule has 1 unspecified atom stereocenters. The van der Waals surface area contributed by atoms with Gasteiger partial charge in [0.2, 0.25) is 0 Å². The van der Waals surface area contributed by atoms with Crippen LogP contribution in [0.3, 0.4) is 0 Å². The van der Waals surface area contributed by atoms with E-state index in [9.17, 15) is 9.90 Å². The van der Waals surface area contributed by atoms with Crippen LogP contribution in [0.25, 0.3) is 10.6 Å². The molecule has 6 heteroatoms. The van der Waals surface area contributed by atoms with Gasteiger partial charge in [-0.1, -0.05) is 0 Å². The van der Waals surface area contributed by atoms with E-state index in [4.69, 9.17) is 9.72 Å². The Kier molecular flexibility index (Phi) is 4.60. The van der Waals surface area contributed by atoms with Crippen molar-refractivity contribution < 1.29 is 14.6 Å². The van der Waals surface area contributed by atoms with Crippen molar-refractivity contribution in [1.29, 1.82) is 0 Å². The smallest absolute Gasteiger partial charge is 0.251 e. The molecule has 1 heterocycles. The summed E-state index contributed by atoms with van der Waals surface area (Å²) >= 11 is 1.61. The maximum absolute atomic E-state index is 12.1. The van der Waals surface area contributed by atoms with Gasteiger partial charge >= 0.3 is 0 Å². The second-order valence-corrected chi connectivity index (χ2v) is 7.57. The average Bonchev–Trinajstić information content (AvgIpc) is 2.99. The van der Waals surface area contributed by atoms with Crippen molar-refractivity contribution in [3.8, 4) is 16.3 Å². The Bertz CT molecular complexity index is 732. The number of rotatable bonds is 4. The molecule has 0 saturated carbocycles. The Labute approximate surface area is 145 Å². The van der Waals surface area contributed by atoms with Gasteiger partial charge in [-0.15, -0.1) is 11.3 Å². The number of amides is 1. The van der Waals surface area contributed by atoms with Gasteiger partial charge in [-0.2, -0.15) is 0 Å². The first-order valence-corrected chi connectivity index (χ1v) is 8.87. The molecule has 1 aromatic heterocycles. The van der Waals surface area contributed by atoms with Crippen LogP contribution in [0.5, 0.6) is 5.75 Å². The summed E-state index contributed by atoms with van der Waals surface area (Å²) in [5.41, 5.74) is 0.724. The minimum atomic E-state index is -1.37. The van der Waals surface area contributed by atoms with Gasteiger partial charge in [-0.3, -0.25) is 4.79 Å². The third-order valence-electron chi connectivity index (χ3n) is 4.15. The number of aryl methyl sites for hydroxylation is 1. The predicted octanol–water partition coefficient (Wildman–Crippen LogP) is 3.08. The number of carbonyl (C=O) groups is 1. The summed E-state index contributed by atoms with van der Waals surface area (Å²) in [5, 5.41) is 13.8. The van der Waals surface area contributed by atoms with Gasteiger partial charge in [0, 0.05) is 5.56 Å². The lowest BCUT2D eigenvalue weighted by atomic mass is 9.97. The zero-order valence-electron chi connectivity index (χ0n) is 14.1. The number of benzene rings is 1. The van der Waals surface area contributed by atoms with Gasteiger partial charge in [0.25, 0.3) is 5.91 Å². The van der Waals surface area contributed by atoms with Gasteiger partial charge < -0.3 is 15.2 Å². The molecule has 1 aromatic carbocycles. The van der Waals surface area contributed by atoms with Crippen molar-refractivity contribution in [2.45, 2.75) is 44.8 Å². The van der Waals surface area contributed by atoms with E-state index in [0.29, 0.717) is 0 Å². The van der Waals surface area contributed by atoms with Gasteiger partial charge in [-0.25, -0.2) is 4.98 Å². The lowest BCUT2D eigenvalue weighted by Gasteiger charge is -2.26. The normalized spacial score (nSPS) is 17.2. The largest absolute Gasteiger partial charge is 0.497 e. The van der Waals surface area contributed by atoms with E-state index in [-0.39, 0.29) is 11.9 Å². The molecule has 1 amide bonds. The Morgan fingerprint density at radius 3 is 2.71 bits per heavy atom. The molecule has 0 fully saturated rings. The molecular formula is C18H22N2O3S. The van der Waals surface area contributed by atoms with Crippen molar-refractivity contribution >= 4 is 17.2 Å². The molecule has 24 heavy (non-hydrogen) atoms. The summed E-state index contributed by atoms with van der Waals surface area (Å²) in [6.07, 6.45) is 2.78. The van der Waals surface area contributed by atoms with Crippen molar-refractivity contribution in [1.82, 2.24) is 10.3 Å². The van der Waals surface area contributed by atoms with E-state index in [2.05, 4.69) is 5.32 Å². The van der Waals surface area contributed by atoms with Gasteiger partial charge in [0.1, 0.15) is 16.4 Å². The van der Waals surface area contributed by atoms with Crippen molar-refractivity contribution in [2.24, 2.45) is 0 Å². The van der Waals surface area contributed by atoms with Crippen LogP contribution in [0.1, 0.15) is 43.3 Å². The number of fused-ring (bicyclic) bond motifs is 1. The van der Waals surface area contributed by atoms with Crippen LogP contribution in [-0.2, 0) is 11.2 Å². The van der Waals surface area contributed by atoms with Crippen LogP contribution in [0.15, 0.2) is 24.3 Å². The molecule has 2 N–H and O–H groups in total. The molecule has 0 bridgehead atoms. The standard InChI is InChI=1S/C18H22N2O3S/c1-18(2,22)17(21)20-14-6-4-5-13-15(14)24-16(19-13)11-7-9-12(23-3)10-8-11/h7-10,14,22H,4-6H2,1-3H3,(H,20,21). The second kappa shape index (κ2) is 6.53. The van der Waals surface area contributed by atoms with E-state index in [0.717, 1.165) is 46.2 Å². The molecule has 128 valence electrons. The van der Waals surface area contributed by atoms with Crippen LogP contribution in [0.2, 0.25) is 0 Å². The molecule has 0 spiro atoms. The van der Waals surface area contributed by atoms with Crippen LogP contribution in [-0.4, -0.2) is 28.7 Å². The number of methoxy groups -OCH3 is 1. The van der Waals surface area contributed by atoms with E-state index < -0.39 is 5.60 Å². The van der Waals surface area contributed by atoms with Gasteiger partial charge in [0.05, 0.1) is 23.7 Å². The second-order valence-electron chi connectivity index (χ2n) is 6.54. The molecule has 1 atom stereocenters. The first-order valence-electron chi connectivity index (χ1n) is 8.06. The molecular weight excluding hydrogens is 324 g/mol. The summed E-state index contributed by atoms with van der Waals surface area (Å²) in [5.74, 6) is 0.468. The summed E-state index contributed by atoms with van der Waals surface area (Å²) < 4.78 is 5.19. The zero-order valence-corrected chi connectivity index (χ0v) is 14.9. The third kappa shape index (κ3) is 3.44. The number of thiazole rings is 1. The number of nitrogens with one attached hydrogen (secondary N) is 1. The molecule has 0 aliphatic heterocycles. The maximum Gasteiger partial charge on any atom is 0.251 e. The number of nitrogens with zero attached hydrogens (tertiary/aromatic N) is 1. The monoisotopic (exact) mass is 346 g/mol. The first-order chi connectivity index (χ1) is 11.4. The van der Waals surface area contributed by atoms with E-state index >= 15 is 0 Å². The maximum atomic E-state index is 12.1. The van der Waals surface area contributed by atoms with E-state index in [1.54, 1.807) is 18.4 Å². The Hall–Kier alpha value is -1.92. The number of hydrogen-bond acceptors (Lipinski definition) is 5. The highest BCUT2D eigenvalue weighted by Crippen LogP contribution is 2.38. The van der Waals surface area contributed by atoms with Gasteiger partial charge in [0.15, 0.2) is 0 Å². The summed E-state index contributed by atoms with van der Waals surface area (Å²) in [6.45, 7) is 3.00. The van der Waals surface area contributed by atoms with Crippen LogP contribution >= 0.6 is 11.3 Å². The molecule has 1 aliphatic carbocycles. The Morgan fingerprint density at radius 1 is 1.38 bits per heavy atom. The van der Waals surface area contributed by atoms with E-state index in [1.165, 1.54) is 13.8 Å². The minimum Gasteiger partial charge on any atom is -0.497 e. The lowest BCUT2D eigenvalue weighted by molar-refractivity contribution is -0.137. The highest BCUT2D eigenvalue weighted by molar-refractivity contribution is 7.15. The SMILES string of the molecule is COc1ccc(-c2nc3c(s2)C(NC(=O)C(C)(C)O)CCC3)cc1. The van der Waals surface area contributed by atoms with Crippen molar-refractivity contribution in [3.05, 3.63) is 34.8 Å². The summed E-state index contributed by atoms with van der Waals surface area (Å²) in [7, 11) is 1.65. The fourth-order valence-electron chi connectivity index (χ4n) is 2.75. The summed E-state index contributed by atoms with van der Waals surface area (Å²) in [4.78, 5) is 18.0. The zero-order chi connectivity index (χ0) is 17.3.